The van der Waals surface area contributed by atoms with Crippen LogP contribution in [0.25, 0.3) is 0 Å². The van der Waals surface area contributed by atoms with Crippen LogP contribution in [0.4, 0.5) is 0 Å². The number of halogens is 2. The lowest BCUT2D eigenvalue weighted by Gasteiger charge is -2.29. The van der Waals surface area contributed by atoms with Crippen LogP contribution in [-0.4, -0.2) is 13.7 Å². The average molecular weight is 301 g/mol. The monoisotopic (exact) mass is 300 g/mol. The molecule has 0 aromatic heterocycles. The van der Waals surface area contributed by atoms with Crippen molar-refractivity contribution in [3.63, 3.8) is 0 Å². The second-order valence-corrected chi connectivity index (χ2v) is 6.34. The summed E-state index contributed by atoms with van der Waals surface area (Å²) in [7, 11) is 1.78. The molecule has 2 rings (SSSR count). The summed E-state index contributed by atoms with van der Waals surface area (Å²) >= 11 is 12.1. The molecule has 19 heavy (non-hydrogen) atoms. The summed E-state index contributed by atoms with van der Waals surface area (Å²) in [6.07, 6.45) is 7.70. The molecule has 1 aromatic rings. The van der Waals surface area contributed by atoms with E-state index in [0.717, 1.165) is 12.5 Å². The van der Waals surface area contributed by atoms with E-state index in [1.165, 1.54) is 44.1 Å². The van der Waals surface area contributed by atoms with Gasteiger partial charge in [-0.1, -0.05) is 29.3 Å². The van der Waals surface area contributed by atoms with Crippen molar-refractivity contribution in [1.82, 2.24) is 0 Å². The van der Waals surface area contributed by atoms with E-state index in [-0.39, 0.29) is 0 Å². The van der Waals surface area contributed by atoms with Gasteiger partial charge >= 0.3 is 0 Å². The molecule has 1 aromatic carbocycles. The largest absolute Gasteiger partial charge is 0.385 e. The summed E-state index contributed by atoms with van der Waals surface area (Å²) in [5.41, 5.74) is 1.35. The number of ether oxygens (including phenoxy) is 1. The predicted molar refractivity (Wildman–Crippen MR) is 82.3 cm³/mol. The Morgan fingerprint density at radius 1 is 1.11 bits per heavy atom. The Bertz CT molecular complexity index is 398. The molecule has 0 amide bonds. The van der Waals surface area contributed by atoms with Crippen LogP contribution in [0, 0.1) is 5.92 Å². The predicted octanol–water partition coefficient (Wildman–Crippen LogP) is 5.69. The van der Waals surface area contributed by atoms with Gasteiger partial charge in [0.15, 0.2) is 0 Å². The normalized spacial score (nSPS) is 23.5. The van der Waals surface area contributed by atoms with Gasteiger partial charge in [0.1, 0.15) is 0 Å². The highest BCUT2D eigenvalue weighted by Crippen LogP contribution is 2.38. The fourth-order valence-corrected chi connectivity index (χ4v) is 3.37. The van der Waals surface area contributed by atoms with Gasteiger partial charge in [-0.25, -0.2) is 0 Å². The van der Waals surface area contributed by atoms with Crippen LogP contribution in [0.2, 0.25) is 10.0 Å². The Balaban J connectivity index is 1.84. The first-order valence-electron chi connectivity index (χ1n) is 7.14. The van der Waals surface area contributed by atoms with Crippen molar-refractivity contribution in [1.29, 1.82) is 0 Å². The molecule has 0 saturated heterocycles. The molecule has 0 aliphatic heterocycles. The zero-order chi connectivity index (χ0) is 13.7. The molecule has 0 heterocycles. The molecule has 0 N–H and O–H groups in total. The quantitative estimate of drug-likeness (QED) is 0.634. The zero-order valence-corrected chi connectivity index (χ0v) is 13.0. The minimum absolute atomic E-state index is 0.652. The maximum Gasteiger partial charge on any atom is 0.0595 e. The number of rotatable bonds is 5. The summed E-state index contributed by atoms with van der Waals surface area (Å²) in [6.45, 7) is 0.896. The Morgan fingerprint density at radius 2 is 1.84 bits per heavy atom. The molecule has 106 valence electrons. The topological polar surface area (TPSA) is 9.23 Å². The Labute approximate surface area is 126 Å². The van der Waals surface area contributed by atoms with Crippen LogP contribution >= 0.6 is 23.2 Å². The first-order valence-corrected chi connectivity index (χ1v) is 7.90. The van der Waals surface area contributed by atoms with Crippen molar-refractivity contribution in [3.8, 4) is 0 Å². The lowest BCUT2D eigenvalue weighted by molar-refractivity contribution is 0.180. The third-order valence-electron chi connectivity index (χ3n) is 4.22. The summed E-state index contributed by atoms with van der Waals surface area (Å²) in [5, 5.41) is 1.33. The van der Waals surface area contributed by atoms with Crippen LogP contribution in [0.3, 0.4) is 0 Å². The summed E-state index contributed by atoms with van der Waals surface area (Å²) in [4.78, 5) is 0. The second kappa shape index (κ2) is 7.52. The molecule has 1 fully saturated rings. The van der Waals surface area contributed by atoms with Crippen molar-refractivity contribution >= 4 is 23.2 Å². The van der Waals surface area contributed by atoms with E-state index in [2.05, 4.69) is 6.07 Å². The van der Waals surface area contributed by atoms with Gasteiger partial charge in [-0.05, 0) is 68.1 Å². The van der Waals surface area contributed by atoms with Gasteiger partial charge < -0.3 is 4.74 Å². The average Bonchev–Trinajstić information content (AvgIpc) is 2.43. The van der Waals surface area contributed by atoms with E-state index in [9.17, 15) is 0 Å². The molecule has 3 heteroatoms. The minimum atomic E-state index is 0.652. The van der Waals surface area contributed by atoms with Crippen LogP contribution in [0.5, 0.6) is 0 Å². The van der Waals surface area contributed by atoms with Crippen molar-refractivity contribution in [2.45, 2.75) is 44.4 Å². The highest BCUT2D eigenvalue weighted by molar-refractivity contribution is 6.42. The van der Waals surface area contributed by atoms with Crippen LogP contribution in [-0.2, 0) is 4.74 Å². The van der Waals surface area contributed by atoms with Gasteiger partial charge in [0.25, 0.3) is 0 Å². The van der Waals surface area contributed by atoms with E-state index >= 15 is 0 Å². The molecular formula is C16H22Cl2O. The summed E-state index contributed by atoms with van der Waals surface area (Å²) < 4.78 is 5.12. The molecular weight excluding hydrogens is 279 g/mol. The number of benzene rings is 1. The molecule has 1 saturated carbocycles. The standard InChI is InChI=1S/C16H22Cl2O/c1-19-10-2-3-12-4-6-13(7-5-12)14-8-9-15(17)16(18)11-14/h8-9,11-13H,2-7,10H2,1H3/t12-,13-. The highest BCUT2D eigenvalue weighted by Gasteiger charge is 2.22. The highest BCUT2D eigenvalue weighted by atomic mass is 35.5. The van der Waals surface area contributed by atoms with Gasteiger partial charge in [-0.3, -0.25) is 0 Å². The number of hydrogen-bond acceptors (Lipinski definition) is 1. The van der Waals surface area contributed by atoms with Gasteiger partial charge in [0, 0.05) is 13.7 Å². The number of methoxy groups -OCH3 is 1. The van der Waals surface area contributed by atoms with Crippen LogP contribution in [0.15, 0.2) is 18.2 Å². The minimum Gasteiger partial charge on any atom is -0.385 e. The Hall–Kier alpha value is -0.240. The first kappa shape index (κ1) is 15.2. The van der Waals surface area contributed by atoms with Gasteiger partial charge in [0.2, 0.25) is 0 Å². The second-order valence-electron chi connectivity index (χ2n) is 5.53. The molecule has 1 nitrogen and oxygen atoms in total. The van der Waals surface area contributed by atoms with Crippen LogP contribution in [0.1, 0.15) is 50.0 Å². The lowest BCUT2D eigenvalue weighted by Crippen LogP contribution is -2.14. The van der Waals surface area contributed by atoms with Crippen LogP contribution < -0.4 is 0 Å². The smallest absolute Gasteiger partial charge is 0.0595 e. The van der Waals surface area contributed by atoms with Gasteiger partial charge in [-0.2, -0.15) is 0 Å². The van der Waals surface area contributed by atoms with E-state index in [1.807, 2.05) is 12.1 Å². The van der Waals surface area contributed by atoms with Crippen molar-refractivity contribution < 1.29 is 4.74 Å². The lowest BCUT2D eigenvalue weighted by atomic mass is 9.77. The van der Waals surface area contributed by atoms with E-state index < -0.39 is 0 Å². The Kier molecular flexibility index (Phi) is 6.00. The van der Waals surface area contributed by atoms with E-state index in [1.54, 1.807) is 7.11 Å². The maximum absolute atomic E-state index is 6.10. The first-order chi connectivity index (χ1) is 9.20. The molecule has 0 unspecified atom stereocenters. The summed E-state index contributed by atoms with van der Waals surface area (Å²) in [5.74, 6) is 1.54. The number of hydrogen-bond donors (Lipinski definition) is 0. The third-order valence-corrected chi connectivity index (χ3v) is 4.96. The summed E-state index contributed by atoms with van der Waals surface area (Å²) in [6, 6.07) is 6.09. The zero-order valence-electron chi connectivity index (χ0n) is 11.5. The van der Waals surface area contributed by atoms with Crippen molar-refractivity contribution in [2.75, 3.05) is 13.7 Å². The van der Waals surface area contributed by atoms with Crippen molar-refractivity contribution in [3.05, 3.63) is 33.8 Å². The van der Waals surface area contributed by atoms with Crippen molar-refractivity contribution in [2.24, 2.45) is 5.92 Å². The molecule has 1 aliphatic rings. The fraction of sp³-hybridized carbons (Fsp3) is 0.625. The van der Waals surface area contributed by atoms with Gasteiger partial charge in [0.05, 0.1) is 10.0 Å². The maximum atomic E-state index is 6.10. The van der Waals surface area contributed by atoms with E-state index in [0.29, 0.717) is 16.0 Å². The molecule has 0 spiro atoms. The van der Waals surface area contributed by atoms with Gasteiger partial charge in [-0.15, -0.1) is 0 Å². The third kappa shape index (κ3) is 4.37. The molecule has 0 atom stereocenters. The molecule has 0 bridgehead atoms. The fourth-order valence-electron chi connectivity index (χ4n) is 3.07. The SMILES string of the molecule is COCCC[C@H]1CC[C@H](c2ccc(Cl)c(Cl)c2)CC1. The van der Waals surface area contributed by atoms with E-state index in [4.69, 9.17) is 27.9 Å². The molecule has 0 radical (unpaired) electrons. The molecule has 1 aliphatic carbocycles. The Morgan fingerprint density at radius 3 is 2.47 bits per heavy atom.